The molecule has 3 rings (SSSR count). The van der Waals surface area contributed by atoms with Crippen molar-refractivity contribution in [2.45, 2.75) is 26.6 Å². The molecule has 29 heavy (non-hydrogen) atoms. The number of rotatable bonds is 9. The average molecular weight is 390 g/mol. The molecule has 0 aromatic heterocycles. The Balaban J connectivity index is 1.58. The maximum atomic E-state index is 12.4. The number of carbonyl (C=O) groups is 1. The summed E-state index contributed by atoms with van der Waals surface area (Å²) >= 11 is 0. The van der Waals surface area contributed by atoms with Crippen LogP contribution in [0.15, 0.2) is 78.9 Å². The summed E-state index contributed by atoms with van der Waals surface area (Å²) in [6.45, 7) is 4.48. The molecule has 0 aliphatic carbocycles. The monoisotopic (exact) mass is 390 g/mol. The highest BCUT2D eigenvalue weighted by Gasteiger charge is 2.10. The molecule has 0 aliphatic rings. The molecule has 150 valence electrons. The van der Waals surface area contributed by atoms with Gasteiger partial charge in [-0.1, -0.05) is 54.6 Å². The molecule has 0 heterocycles. The van der Waals surface area contributed by atoms with E-state index in [4.69, 9.17) is 9.47 Å². The fraction of sp³-hybridized carbons (Fsp3) is 0.208. The average Bonchev–Trinajstić information content (AvgIpc) is 2.73. The van der Waals surface area contributed by atoms with Gasteiger partial charge in [0.2, 0.25) is 5.91 Å². The summed E-state index contributed by atoms with van der Waals surface area (Å²) in [6, 6.07) is 25.0. The Morgan fingerprint density at radius 3 is 2.17 bits per heavy atom. The largest absolute Gasteiger partial charge is 0.489 e. The molecule has 0 radical (unpaired) electrons. The first-order valence-electron chi connectivity index (χ1n) is 9.67. The van der Waals surface area contributed by atoms with Crippen molar-refractivity contribution in [2.24, 2.45) is 0 Å². The van der Waals surface area contributed by atoms with Gasteiger partial charge in [0.1, 0.15) is 18.1 Å². The zero-order chi connectivity index (χ0) is 20.5. The number of benzene rings is 3. The van der Waals surface area contributed by atoms with E-state index in [0.717, 1.165) is 11.3 Å². The van der Waals surface area contributed by atoms with Crippen LogP contribution in [0.5, 0.6) is 11.5 Å². The third-order valence-corrected chi connectivity index (χ3v) is 4.09. The molecule has 2 N–H and O–H groups in total. The van der Waals surface area contributed by atoms with E-state index in [9.17, 15) is 4.79 Å². The molecule has 5 heteroatoms. The summed E-state index contributed by atoms with van der Waals surface area (Å²) in [5.41, 5.74) is 2.51. The highest BCUT2D eigenvalue weighted by Crippen LogP contribution is 2.26. The predicted octanol–water partition coefficient (Wildman–Crippen LogP) is 5.10. The van der Waals surface area contributed by atoms with Crippen molar-refractivity contribution in [3.05, 3.63) is 84.4 Å². The van der Waals surface area contributed by atoms with Gasteiger partial charge in [0.15, 0.2) is 0 Å². The minimum Gasteiger partial charge on any atom is -0.489 e. The molecule has 1 amide bonds. The Bertz CT molecular complexity index is 926. The Morgan fingerprint density at radius 1 is 0.828 bits per heavy atom. The van der Waals surface area contributed by atoms with Gasteiger partial charge in [-0.15, -0.1) is 0 Å². The number of ether oxygens (including phenoxy) is 2. The van der Waals surface area contributed by atoms with Gasteiger partial charge in [-0.2, -0.15) is 0 Å². The van der Waals surface area contributed by atoms with Crippen LogP contribution in [-0.2, 0) is 11.4 Å². The Kier molecular flexibility index (Phi) is 7.11. The molecule has 0 saturated carbocycles. The number of nitrogens with one attached hydrogen (secondary N) is 2. The number of para-hydroxylation sites is 4. The lowest BCUT2D eigenvalue weighted by Crippen LogP contribution is -2.22. The summed E-state index contributed by atoms with van der Waals surface area (Å²) in [4.78, 5) is 12.4. The van der Waals surface area contributed by atoms with Crippen LogP contribution in [0.2, 0.25) is 0 Å². The van der Waals surface area contributed by atoms with Crippen LogP contribution in [0.4, 0.5) is 11.4 Å². The van der Waals surface area contributed by atoms with Gasteiger partial charge in [-0.25, -0.2) is 0 Å². The summed E-state index contributed by atoms with van der Waals surface area (Å²) in [7, 11) is 0. The van der Waals surface area contributed by atoms with E-state index in [0.29, 0.717) is 23.8 Å². The summed E-state index contributed by atoms with van der Waals surface area (Å²) < 4.78 is 11.7. The Hall–Kier alpha value is -3.47. The van der Waals surface area contributed by atoms with Gasteiger partial charge in [-0.05, 0) is 43.7 Å². The van der Waals surface area contributed by atoms with Crippen LogP contribution >= 0.6 is 0 Å². The minimum absolute atomic E-state index is 0.0276. The highest BCUT2D eigenvalue weighted by molar-refractivity contribution is 5.95. The molecule has 5 nitrogen and oxygen atoms in total. The minimum atomic E-state index is -0.164. The molecule has 0 bridgehead atoms. The quantitative estimate of drug-likeness (QED) is 0.533. The normalized spacial score (nSPS) is 10.4. The number of hydrogen-bond donors (Lipinski definition) is 2. The Labute approximate surface area is 171 Å². The molecule has 0 spiro atoms. The highest BCUT2D eigenvalue weighted by atomic mass is 16.5. The van der Waals surface area contributed by atoms with Crippen LogP contribution in [0, 0.1) is 0 Å². The van der Waals surface area contributed by atoms with Crippen LogP contribution in [0.1, 0.15) is 19.4 Å². The van der Waals surface area contributed by atoms with Crippen LogP contribution < -0.4 is 20.1 Å². The van der Waals surface area contributed by atoms with E-state index in [2.05, 4.69) is 10.6 Å². The van der Waals surface area contributed by atoms with Gasteiger partial charge >= 0.3 is 0 Å². The first-order chi connectivity index (χ1) is 14.1. The zero-order valence-electron chi connectivity index (χ0n) is 16.7. The fourth-order valence-corrected chi connectivity index (χ4v) is 2.77. The molecule has 3 aromatic rings. The zero-order valence-corrected chi connectivity index (χ0v) is 16.7. The van der Waals surface area contributed by atoms with Crippen molar-refractivity contribution in [2.75, 3.05) is 17.2 Å². The molecule has 0 atom stereocenters. The molecule has 0 unspecified atom stereocenters. The second kappa shape index (κ2) is 10.2. The third kappa shape index (κ3) is 6.28. The molecule has 0 fully saturated rings. The van der Waals surface area contributed by atoms with E-state index < -0.39 is 0 Å². The lowest BCUT2D eigenvalue weighted by Gasteiger charge is -2.16. The number of carbonyl (C=O) groups excluding carboxylic acids is 1. The van der Waals surface area contributed by atoms with Crippen molar-refractivity contribution < 1.29 is 14.3 Å². The number of anilines is 2. The lowest BCUT2D eigenvalue weighted by molar-refractivity contribution is -0.114. The van der Waals surface area contributed by atoms with Gasteiger partial charge in [0.25, 0.3) is 0 Å². The van der Waals surface area contributed by atoms with Crippen LogP contribution in [0.3, 0.4) is 0 Å². The molecule has 0 aliphatic heterocycles. The van der Waals surface area contributed by atoms with E-state index in [-0.39, 0.29) is 18.6 Å². The summed E-state index contributed by atoms with van der Waals surface area (Å²) in [5, 5.41) is 6.05. The topological polar surface area (TPSA) is 59.6 Å². The van der Waals surface area contributed by atoms with E-state index in [1.165, 1.54) is 0 Å². The maximum absolute atomic E-state index is 12.4. The molecule has 3 aromatic carbocycles. The number of amides is 1. The number of hydrogen-bond acceptors (Lipinski definition) is 4. The van der Waals surface area contributed by atoms with E-state index in [1.54, 1.807) is 0 Å². The van der Waals surface area contributed by atoms with Crippen molar-refractivity contribution in [3.8, 4) is 11.5 Å². The van der Waals surface area contributed by atoms with Gasteiger partial charge in [0, 0.05) is 0 Å². The second-order valence-corrected chi connectivity index (χ2v) is 6.83. The lowest BCUT2D eigenvalue weighted by atomic mass is 10.2. The van der Waals surface area contributed by atoms with Crippen molar-refractivity contribution >= 4 is 17.3 Å². The first kappa shape index (κ1) is 20.3. The van der Waals surface area contributed by atoms with Gasteiger partial charge in [-0.3, -0.25) is 4.79 Å². The predicted molar refractivity (Wildman–Crippen MR) is 117 cm³/mol. The molecular formula is C24H26N2O3. The van der Waals surface area contributed by atoms with Gasteiger partial charge < -0.3 is 20.1 Å². The van der Waals surface area contributed by atoms with Crippen LogP contribution in [0.25, 0.3) is 0 Å². The van der Waals surface area contributed by atoms with Crippen molar-refractivity contribution in [1.82, 2.24) is 0 Å². The molecule has 0 saturated heterocycles. The van der Waals surface area contributed by atoms with Crippen molar-refractivity contribution in [3.63, 3.8) is 0 Å². The summed E-state index contributed by atoms with van der Waals surface area (Å²) in [5.74, 6) is 1.19. The Morgan fingerprint density at radius 2 is 1.45 bits per heavy atom. The van der Waals surface area contributed by atoms with Crippen LogP contribution in [-0.4, -0.2) is 18.6 Å². The maximum Gasteiger partial charge on any atom is 0.243 e. The smallest absolute Gasteiger partial charge is 0.243 e. The fourth-order valence-electron chi connectivity index (χ4n) is 2.77. The van der Waals surface area contributed by atoms with Crippen molar-refractivity contribution in [1.29, 1.82) is 0 Å². The van der Waals surface area contributed by atoms with E-state index >= 15 is 0 Å². The third-order valence-electron chi connectivity index (χ3n) is 4.09. The standard InChI is InChI=1S/C24H26N2O3/c1-18(2)29-23-15-9-7-13-21(23)26-24(27)16-25-20-12-6-8-14-22(20)28-17-19-10-4-3-5-11-19/h3-15,18,25H,16-17H2,1-2H3,(H,26,27). The molecular weight excluding hydrogens is 364 g/mol. The summed E-state index contributed by atoms with van der Waals surface area (Å²) in [6.07, 6.45) is 0.0276. The van der Waals surface area contributed by atoms with E-state index in [1.807, 2.05) is 92.7 Å². The SMILES string of the molecule is CC(C)Oc1ccccc1NC(=O)CNc1ccccc1OCc1ccccc1. The second-order valence-electron chi connectivity index (χ2n) is 6.83. The van der Waals surface area contributed by atoms with Gasteiger partial charge in [0.05, 0.1) is 24.0 Å². The first-order valence-corrected chi connectivity index (χ1v) is 9.67.